The maximum absolute atomic E-state index is 12.0. The average Bonchev–Trinajstić information content (AvgIpc) is 2.64. The summed E-state index contributed by atoms with van der Waals surface area (Å²) in [4.78, 5) is 27.1. The molecule has 0 aliphatic carbocycles. The van der Waals surface area contributed by atoms with Crippen LogP contribution >= 0.6 is 0 Å². The molecule has 1 amide bonds. The third-order valence-electron chi connectivity index (χ3n) is 3.90. The molecule has 26 heavy (non-hydrogen) atoms. The van der Waals surface area contributed by atoms with Crippen LogP contribution in [0.3, 0.4) is 0 Å². The molecule has 1 aromatic heterocycles. The third-order valence-corrected chi connectivity index (χ3v) is 3.90. The van der Waals surface area contributed by atoms with E-state index in [1.807, 2.05) is 24.3 Å². The summed E-state index contributed by atoms with van der Waals surface area (Å²) in [6.07, 6.45) is 0. The smallest absolute Gasteiger partial charge is 0.295 e. The molecule has 1 heterocycles. The van der Waals surface area contributed by atoms with Crippen molar-refractivity contribution in [1.82, 2.24) is 10.3 Å². The van der Waals surface area contributed by atoms with E-state index in [9.17, 15) is 14.9 Å². The van der Waals surface area contributed by atoms with Gasteiger partial charge >= 0.3 is 0 Å². The fraction of sp³-hybridized carbons (Fsp3) is 0.158. The van der Waals surface area contributed by atoms with Crippen molar-refractivity contribution in [1.29, 1.82) is 0 Å². The van der Waals surface area contributed by atoms with Crippen molar-refractivity contribution in [3.8, 4) is 0 Å². The van der Waals surface area contributed by atoms with Gasteiger partial charge in [-0.15, -0.1) is 0 Å². The van der Waals surface area contributed by atoms with Crippen LogP contribution in [0.4, 0.5) is 11.4 Å². The van der Waals surface area contributed by atoms with Gasteiger partial charge in [0.15, 0.2) is 5.52 Å². The number of aromatic nitrogens is 1. The van der Waals surface area contributed by atoms with Gasteiger partial charge in [-0.2, -0.15) is 0 Å². The average molecular weight is 350 g/mol. The van der Waals surface area contributed by atoms with Crippen molar-refractivity contribution in [3.05, 3.63) is 76.0 Å². The minimum atomic E-state index is -0.432. The van der Waals surface area contributed by atoms with Gasteiger partial charge in [-0.3, -0.25) is 14.9 Å². The highest BCUT2D eigenvalue weighted by Gasteiger charge is 2.15. The molecule has 2 N–H and O–H groups in total. The number of hydrogen-bond donors (Lipinski definition) is 2. The monoisotopic (exact) mass is 350 g/mol. The van der Waals surface area contributed by atoms with E-state index in [1.54, 1.807) is 31.2 Å². The van der Waals surface area contributed by atoms with Crippen LogP contribution in [0.2, 0.25) is 0 Å². The molecule has 3 aromatic rings. The van der Waals surface area contributed by atoms with E-state index >= 15 is 0 Å². The summed E-state index contributed by atoms with van der Waals surface area (Å²) < 4.78 is 0. The minimum Gasteiger partial charge on any atom is -0.383 e. The lowest BCUT2D eigenvalue weighted by atomic mass is 10.1. The molecule has 0 unspecified atom stereocenters. The Morgan fingerprint density at radius 3 is 2.62 bits per heavy atom. The SMILES string of the molecule is Cc1cc(NCCNC(=O)c2ccccc2)c2cccc([N+](=O)[O-])c2n1. The minimum absolute atomic E-state index is 0.0216. The Morgan fingerprint density at radius 1 is 1.12 bits per heavy atom. The lowest BCUT2D eigenvalue weighted by Gasteiger charge is -2.11. The maximum atomic E-state index is 12.0. The fourth-order valence-corrected chi connectivity index (χ4v) is 2.72. The van der Waals surface area contributed by atoms with E-state index in [4.69, 9.17) is 0 Å². The fourth-order valence-electron chi connectivity index (χ4n) is 2.72. The number of aryl methyl sites for hydroxylation is 1. The molecule has 3 rings (SSSR count). The normalized spacial score (nSPS) is 10.5. The number of fused-ring (bicyclic) bond motifs is 1. The van der Waals surface area contributed by atoms with Crippen LogP contribution in [0.15, 0.2) is 54.6 Å². The molecule has 0 fully saturated rings. The number of nitrogens with one attached hydrogen (secondary N) is 2. The number of nitro benzene ring substituents is 1. The van der Waals surface area contributed by atoms with Gasteiger partial charge < -0.3 is 10.6 Å². The molecule has 0 aliphatic rings. The molecule has 0 bridgehead atoms. The zero-order chi connectivity index (χ0) is 18.5. The van der Waals surface area contributed by atoms with Gasteiger partial charge in [0.05, 0.1) is 4.92 Å². The summed E-state index contributed by atoms with van der Waals surface area (Å²) in [7, 11) is 0. The number of carbonyl (C=O) groups excluding carboxylic acids is 1. The van der Waals surface area contributed by atoms with Crippen LogP contribution < -0.4 is 10.6 Å². The van der Waals surface area contributed by atoms with Crippen LogP contribution in [-0.2, 0) is 0 Å². The largest absolute Gasteiger partial charge is 0.383 e. The van der Waals surface area contributed by atoms with Gasteiger partial charge in [-0.1, -0.05) is 30.3 Å². The Balaban J connectivity index is 1.70. The van der Waals surface area contributed by atoms with Crippen LogP contribution in [0, 0.1) is 17.0 Å². The van der Waals surface area contributed by atoms with E-state index in [2.05, 4.69) is 15.6 Å². The van der Waals surface area contributed by atoms with Crippen molar-refractivity contribution >= 4 is 28.2 Å². The van der Waals surface area contributed by atoms with E-state index in [0.29, 0.717) is 35.2 Å². The number of hydrogen-bond acceptors (Lipinski definition) is 5. The standard InChI is InChI=1S/C19H18N4O3/c1-13-12-16(15-8-5-9-17(23(25)26)18(15)22-13)20-10-11-21-19(24)14-6-3-2-4-7-14/h2-9,12H,10-11H2,1H3,(H,20,22)(H,21,24). The number of pyridine rings is 1. The summed E-state index contributed by atoms with van der Waals surface area (Å²) in [5.41, 5.74) is 2.38. The first kappa shape index (κ1) is 17.3. The molecule has 2 aromatic carbocycles. The lowest BCUT2D eigenvalue weighted by molar-refractivity contribution is -0.383. The maximum Gasteiger partial charge on any atom is 0.295 e. The number of para-hydroxylation sites is 1. The predicted octanol–water partition coefficient (Wildman–Crippen LogP) is 3.29. The van der Waals surface area contributed by atoms with Crippen molar-refractivity contribution in [2.45, 2.75) is 6.92 Å². The van der Waals surface area contributed by atoms with E-state index in [0.717, 1.165) is 5.69 Å². The summed E-state index contributed by atoms with van der Waals surface area (Å²) in [5, 5.41) is 17.9. The van der Waals surface area contributed by atoms with Crippen molar-refractivity contribution in [2.75, 3.05) is 18.4 Å². The lowest BCUT2D eigenvalue weighted by Crippen LogP contribution is -2.28. The van der Waals surface area contributed by atoms with Crippen LogP contribution in [0.25, 0.3) is 10.9 Å². The first-order valence-electron chi connectivity index (χ1n) is 8.18. The second kappa shape index (κ2) is 7.60. The number of rotatable bonds is 6. The quantitative estimate of drug-likeness (QED) is 0.404. The van der Waals surface area contributed by atoms with Gasteiger partial charge in [0.2, 0.25) is 0 Å². The highest BCUT2D eigenvalue weighted by molar-refractivity contribution is 5.97. The highest BCUT2D eigenvalue weighted by Crippen LogP contribution is 2.29. The number of anilines is 1. The topological polar surface area (TPSA) is 97.2 Å². The Bertz CT molecular complexity index is 958. The number of nitro groups is 1. The Hall–Kier alpha value is -3.48. The number of nitrogens with zero attached hydrogens (tertiary/aromatic N) is 2. The first-order chi connectivity index (χ1) is 12.6. The zero-order valence-electron chi connectivity index (χ0n) is 14.2. The highest BCUT2D eigenvalue weighted by atomic mass is 16.6. The van der Waals surface area contributed by atoms with E-state index in [-0.39, 0.29) is 11.6 Å². The van der Waals surface area contributed by atoms with Crippen LogP contribution in [-0.4, -0.2) is 28.9 Å². The van der Waals surface area contributed by atoms with Gasteiger partial charge in [0, 0.05) is 41.5 Å². The van der Waals surface area contributed by atoms with Gasteiger partial charge in [0.1, 0.15) is 0 Å². The van der Waals surface area contributed by atoms with Crippen molar-refractivity contribution < 1.29 is 9.72 Å². The molecule has 0 atom stereocenters. The Labute approximate surface area is 150 Å². The van der Waals surface area contributed by atoms with Crippen molar-refractivity contribution in [2.24, 2.45) is 0 Å². The molecule has 0 saturated heterocycles. The summed E-state index contributed by atoms with van der Waals surface area (Å²) in [6.45, 7) is 2.70. The number of benzene rings is 2. The molecule has 0 spiro atoms. The van der Waals surface area contributed by atoms with Gasteiger partial charge in [-0.25, -0.2) is 4.98 Å². The molecular formula is C19H18N4O3. The number of non-ortho nitro benzene ring substituents is 1. The molecular weight excluding hydrogens is 332 g/mol. The number of amides is 1. The van der Waals surface area contributed by atoms with E-state index in [1.165, 1.54) is 6.07 Å². The first-order valence-corrected chi connectivity index (χ1v) is 8.18. The summed E-state index contributed by atoms with van der Waals surface area (Å²) in [5.74, 6) is -0.140. The molecule has 0 aliphatic heterocycles. The summed E-state index contributed by atoms with van der Waals surface area (Å²) in [6, 6.07) is 15.7. The van der Waals surface area contributed by atoms with Crippen LogP contribution in [0.5, 0.6) is 0 Å². The predicted molar refractivity (Wildman–Crippen MR) is 100 cm³/mol. The van der Waals surface area contributed by atoms with Crippen LogP contribution in [0.1, 0.15) is 16.1 Å². The Morgan fingerprint density at radius 2 is 1.88 bits per heavy atom. The van der Waals surface area contributed by atoms with Crippen molar-refractivity contribution in [3.63, 3.8) is 0 Å². The molecule has 0 radical (unpaired) electrons. The molecule has 0 saturated carbocycles. The second-order valence-electron chi connectivity index (χ2n) is 5.79. The van der Waals surface area contributed by atoms with Gasteiger partial charge in [0.25, 0.3) is 11.6 Å². The molecule has 7 nitrogen and oxygen atoms in total. The van der Waals surface area contributed by atoms with E-state index < -0.39 is 4.92 Å². The second-order valence-corrected chi connectivity index (χ2v) is 5.79. The summed E-state index contributed by atoms with van der Waals surface area (Å²) >= 11 is 0. The van der Waals surface area contributed by atoms with Gasteiger partial charge in [-0.05, 0) is 25.1 Å². The zero-order valence-corrected chi connectivity index (χ0v) is 14.2. The third kappa shape index (κ3) is 3.77. The molecule has 7 heteroatoms. The number of carbonyl (C=O) groups is 1. The Kier molecular flexibility index (Phi) is 5.07. The molecule has 132 valence electrons.